The zero-order valence-corrected chi connectivity index (χ0v) is 8.37. The van der Waals surface area contributed by atoms with Gasteiger partial charge in [0.05, 0.1) is 5.02 Å². The smallest absolute Gasteiger partial charge is 0.145 e. The molecule has 2 rings (SSSR count). The van der Waals surface area contributed by atoms with Crippen LogP contribution in [-0.2, 0) is 0 Å². The van der Waals surface area contributed by atoms with Gasteiger partial charge in [-0.3, -0.25) is 4.98 Å². The monoisotopic (exact) mass is 223 g/mol. The van der Waals surface area contributed by atoms with Gasteiger partial charge < -0.3 is 5.11 Å². The van der Waals surface area contributed by atoms with E-state index in [9.17, 15) is 9.50 Å². The third kappa shape index (κ3) is 1.92. The Labute approximate surface area is 91.0 Å². The lowest BCUT2D eigenvalue weighted by Gasteiger charge is -2.05. The normalized spacial score (nSPS) is 10.3. The molecule has 0 saturated heterocycles. The molecule has 1 aromatic heterocycles. The summed E-state index contributed by atoms with van der Waals surface area (Å²) < 4.78 is 13.0. The van der Waals surface area contributed by atoms with Crippen LogP contribution in [0.15, 0.2) is 36.7 Å². The van der Waals surface area contributed by atoms with Gasteiger partial charge in [-0.2, -0.15) is 0 Å². The number of rotatable bonds is 1. The second-order valence-corrected chi connectivity index (χ2v) is 3.43. The third-order valence-electron chi connectivity index (χ3n) is 2.01. The van der Waals surface area contributed by atoms with E-state index in [0.29, 0.717) is 11.1 Å². The average Bonchev–Trinajstić information content (AvgIpc) is 2.25. The number of nitrogens with zero attached hydrogens (tertiary/aromatic N) is 1. The summed E-state index contributed by atoms with van der Waals surface area (Å²) in [5.41, 5.74) is 1.16. The summed E-state index contributed by atoms with van der Waals surface area (Å²) in [4.78, 5) is 3.91. The van der Waals surface area contributed by atoms with Crippen molar-refractivity contribution in [2.75, 3.05) is 0 Å². The summed E-state index contributed by atoms with van der Waals surface area (Å²) in [5.74, 6) is -0.785. The fourth-order valence-electron chi connectivity index (χ4n) is 1.29. The maximum absolute atomic E-state index is 13.0. The Kier molecular flexibility index (Phi) is 2.56. The van der Waals surface area contributed by atoms with Gasteiger partial charge >= 0.3 is 0 Å². The third-order valence-corrected chi connectivity index (χ3v) is 2.30. The van der Waals surface area contributed by atoms with Gasteiger partial charge in [0.15, 0.2) is 0 Å². The summed E-state index contributed by atoms with van der Waals surface area (Å²) in [5, 5.41) is 9.52. The summed E-state index contributed by atoms with van der Waals surface area (Å²) in [6, 6.07) is 5.86. The summed E-state index contributed by atoms with van der Waals surface area (Å²) >= 11 is 5.63. The van der Waals surface area contributed by atoms with Gasteiger partial charge in [-0.15, -0.1) is 0 Å². The molecule has 1 aromatic carbocycles. The Morgan fingerprint density at radius 2 is 2.13 bits per heavy atom. The summed E-state index contributed by atoms with van der Waals surface area (Å²) in [6.07, 6.45) is 3.19. The standard InChI is InChI=1S/C11H7ClFNO/c12-9-4-8(11(15)5-10(9)13)7-2-1-3-14-6-7/h1-6,15H. The fourth-order valence-corrected chi connectivity index (χ4v) is 1.45. The SMILES string of the molecule is Oc1cc(F)c(Cl)cc1-c1cccnc1. The number of hydrogen-bond donors (Lipinski definition) is 1. The van der Waals surface area contributed by atoms with Crippen LogP contribution in [0.5, 0.6) is 5.75 Å². The molecule has 0 fully saturated rings. The molecule has 0 saturated carbocycles. The van der Waals surface area contributed by atoms with Crippen LogP contribution in [0, 0.1) is 5.82 Å². The second-order valence-electron chi connectivity index (χ2n) is 3.03. The van der Waals surface area contributed by atoms with E-state index in [1.54, 1.807) is 24.5 Å². The van der Waals surface area contributed by atoms with Crippen molar-refractivity contribution in [1.82, 2.24) is 4.98 Å². The van der Waals surface area contributed by atoms with E-state index in [4.69, 9.17) is 11.6 Å². The van der Waals surface area contributed by atoms with E-state index >= 15 is 0 Å². The van der Waals surface area contributed by atoms with Crippen LogP contribution in [0.4, 0.5) is 4.39 Å². The number of phenols is 1. The Hall–Kier alpha value is -1.61. The van der Waals surface area contributed by atoms with Crippen molar-refractivity contribution in [1.29, 1.82) is 0 Å². The van der Waals surface area contributed by atoms with E-state index < -0.39 is 5.82 Å². The molecule has 76 valence electrons. The Morgan fingerprint density at radius 3 is 2.80 bits per heavy atom. The van der Waals surface area contributed by atoms with Crippen molar-refractivity contribution in [3.8, 4) is 16.9 Å². The molecule has 0 bridgehead atoms. The van der Waals surface area contributed by atoms with Crippen LogP contribution in [0.2, 0.25) is 5.02 Å². The zero-order chi connectivity index (χ0) is 10.8. The van der Waals surface area contributed by atoms with Gasteiger partial charge in [0.25, 0.3) is 0 Å². The number of phenolic OH excluding ortho intramolecular Hbond substituents is 1. The van der Waals surface area contributed by atoms with Gasteiger partial charge in [-0.05, 0) is 12.1 Å². The van der Waals surface area contributed by atoms with Gasteiger partial charge in [-0.25, -0.2) is 4.39 Å². The minimum Gasteiger partial charge on any atom is -0.507 e. The number of aromatic nitrogens is 1. The quantitative estimate of drug-likeness (QED) is 0.805. The molecule has 1 N–H and O–H groups in total. The largest absolute Gasteiger partial charge is 0.507 e. The van der Waals surface area contributed by atoms with E-state index in [2.05, 4.69) is 4.98 Å². The highest BCUT2D eigenvalue weighted by Crippen LogP contribution is 2.32. The molecular weight excluding hydrogens is 217 g/mol. The molecule has 0 aliphatic carbocycles. The van der Waals surface area contributed by atoms with E-state index in [1.807, 2.05) is 0 Å². The molecule has 0 spiro atoms. The lowest BCUT2D eigenvalue weighted by atomic mass is 10.1. The van der Waals surface area contributed by atoms with Gasteiger partial charge in [0.1, 0.15) is 11.6 Å². The van der Waals surface area contributed by atoms with Crippen LogP contribution in [-0.4, -0.2) is 10.1 Å². The maximum Gasteiger partial charge on any atom is 0.145 e. The molecule has 2 aromatic rings. The number of hydrogen-bond acceptors (Lipinski definition) is 2. The minimum absolute atomic E-state index is 0.0216. The molecule has 0 atom stereocenters. The summed E-state index contributed by atoms with van der Waals surface area (Å²) in [6.45, 7) is 0. The van der Waals surface area contributed by atoms with Crippen LogP contribution >= 0.6 is 11.6 Å². The average molecular weight is 224 g/mol. The Bertz CT molecular complexity index is 487. The van der Waals surface area contributed by atoms with Crippen molar-refractivity contribution in [3.05, 3.63) is 47.5 Å². The lowest BCUT2D eigenvalue weighted by molar-refractivity contribution is 0.471. The predicted octanol–water partition coefficient (Wildman–Crippen LogP) is 3.25. The first kappa shape index (κ1) is 9.93. The van der Waals surface area contributed by atoms with Crippen LogP contribution in [0.1, 0.15) is 0 Å². The predicted molar refractivity (Wildman–Crippen MR) is 56.3 cm³/mol. The highest BCUT2D eigenvalue weighted by atomic mass is 35.5. The molecule has 0 aliphatic heterocycles. The molecule has 0 unspecified atom stereocenters. The molecule has 0 radical (unpaired) electrons. The highest BCUT2D eigenvalue weighted by molar-refractivity contribution is 6.31. The lowest BCUT2D eigenvalue weighted by Crippen LogP contribution is -1.83. The van der Waals surface area contributed by atoms with Crippen molar-refractivity contribution >= 4 is 11.6 Å². The van der Waals surface area contributed by atoms with Gasteiger partial charge in [-0.1, -0.05) is 17.7 Å². The first-order valence-corrected chi connectivity index (χ1v) is 4.64. The van der Waals surface area contributed by atoms with Crippen molar-refractivity contribution in [2.24, 2.45) is 0 Å². The first-order valence-electron chi connectivity index (χ1n) is 4.27. The zero-order valence-electron chi connectivity index (χ0n) is 7.61. The Morgan fingerprint density at radius 1 is 1.33 bits per heavy atom. The van der Waals surface area contributed by atoms with Gasteiger partial charge in [0.2, 0.25) is 0 Å². The van der Waals surface area contributed by atoms with Crippen LogP contribution in [0.25, 0.3) is 11.1 Å². The molecule has 4 heteroatoms. The summed E-state index contributed by atoms with van der Waals surface area (Å²) in [7, 11) is 0. The number of halogens is 2. The minimum atomic E-state index is -0.637. The second kappa shape index (κ2) is 3.87. The highest BCUT2D eigenvalue weighted by Gasteiger charge is 2.09. The van der Waals surface area contributed by atoms with Crippen LogP contribution < -0.4 is 0 Å². The number of pyridine rings is 1. The Balaban J connectivity index is 2.59. The topological polar surface area (TPSA) is 33.1 Å². The molecule has 0 aliphatic rings. The molecule has 2 nitrogen and oxygen atoms in total. The van der Waals surface area contributed by atoms with E-state index in [-0.39, 0.29) is 10.8 Å². The molecule has 1 heterocycles. The number of benzene rings is 1. The molecule has 15 heavy (non-hydrogen) atoms. The molecular formula is C11H7ClFNO. The van der Waals surface area contributed by atoms with Crippen LogP contribution in [0.3, 0.4) is 0 Å². The van der Waals surface area contributed by atoms with Crippen molar-refractivity contribution < 1.29 is 9.50 Å². The fraction of sp³-hybridized carbons (Fsp3) is 0. The molecule has 0 amide bonds. The number of aromatic hydroxyl groups is 1. The van der Waals surface area contributed by atoms with Crippen molar-refractivity contribution in [3.63, 3.8) is 0 Å². The first-order chi connectivity index (χ1) is 7.18. The van der Waals surface area contributed by atoms with Crippen molar-refractivity contribution in [2.45, 2.75) is 0 Å². The maximum atomic E-state index is 13.0. The van der Waals surface area contributed by atoms with E-state index in [1.165, 1.54) is 6.07 Å². The van der Waals surface area contributed by atoms with Gasteiger partial charge in [0, 0.05) is 29.6 Å². The van der Waals surface area contributed by atoms with E-state index in [0.717, 1.165) is 6.07 Å².